The SMILES string of the molecule is Cc1ccc([NH3+])c(C)c1C. The summed E-state index contributed by atoms with van der Waals surface area (Å²) in [5, 5.41) is 0. The van der Waals surface area contributed by atoms with Crippen molar-refractivity contribution in [2.45, 2.75) is 20.8 Å². The summed E-state index contributed by atoms with van der Waals surface area (Å²) >= 11 is 0. The first-order chi connectivity index (χ1) is 4.63. The van der Waals surface area contributed by atoms with Gasteiger partial charge in [0.1, 0.15) is 5.69 Å². The molecule has 0 aliphatic carbocycles. The summed E-state index contributed by atoms with van der Waals surface area (Å²) in [4.78, 5) is 0. The highest BCUT2D eigenvalue weighted by molar-refractivity contribution is 5.46. The molecule has 1 nitrogen and oxygen atoms in total. The van der Waals surface area contributed by atoms with Gasteiger partial charge in [-0.15, -0.1) is 0 Å². The lowest BCUT2D eigenvalue weighted by atomic mass is 10.0. The van der Waals surface area contributed by atoms with Crippen LogP contribution in [0.2, 0.25) is 0 Å². The smallest absolute Gasteiger partial charge is 0.131 e. The second kappa shape index (κ2) is 2.43. The molecule has 0 aliphatic rings. The maximum atomic E-state index is 3.92. The van der Waals surface area contributed by atoms with Gasteiger partial charge in [-0.05, 0) is 38.0 Å². The van der Waals surface area contributed by atoms with E-state index in [0.29, 0.717) is 0 Å². The molecule has 1 aromatic carbocycles. The van der Waals surface area contributed by atoms with Crippen LogP contribution in [0.4, 0.5) is 5.69 Å². The van der Waals surface area contributed by atoms with E-state index in [2.05, 4.69) is 38.6 Å². The van der Waals surface area contributed by atoms with Gasteiger partial charge < -0.3 is 5.73 Å². The number of benzene rings is 1. The molecule has 0 unspecified atom stereocenters. The predicted molar refractivity (Wildman–Crippen MR) is 43.2 cm³/mol. The Morgan fingerprint density at radius 2 is 1.60 bits per heavy atom. The lowest BCUT2D eigenvalue weighted by molar-refractivity contribution is -0.255. The molecule has 1 rings (SSSR count). The van der Waals surface area contributed by atoms with Gasteiger partial charge in [-0.2, -0.15) is 0 Å². The molecule has 0 aliphatic heterocycles. The molecule has 0 atom stereocenters. The maximum Gasteiger partial charge on any atom is 0.131 e. The minimum absolute atomic E-state index is 1.14. The number of rotatable bonds is 0. The highest BCUT2D eigenvalue weighted by Crippen LogP contribution is 2.16. The van der Waals surface area contributed by atoms with Gasteiger partial charge in [0.15, 0.2) is 0 Å². The molecular formula is C9H14N+. The van der Waals surface area contributed by atoms with Crippen molar-refractivity contribution in [1.82, 2.24) is 0 Å². The molecule has 0 spiro atoms. The van der Waals surface area contributed by atoms with Gasteiger partial charge in [-0.3, -0.25) is 0 Å². The number of quaternary nitrogens is 1. The third-order valence-electron chi connectivity index (χ3n) is 2.17. The fourth-order valence-electron chi connectivity index (χ4n) is 1.01. The molecule has 3 N–H and O–H groups in total. The van der Waals surface area contributed by atoms with Crippen molar-refractivity contribution in [3.8, 4) is 0 Å². The third kappa shape index (κ3) is 1.05. The first-order valence-corrected chi connectivity index (χ1v) is 3.51. The van der Waals surface area contributed by atoms with E-state index in [4.69, 9.17) is 0 Å². The molecule has 1 aromatic rings. The van der Waals surface area contributed by atoms with E-state index in [-0.39, 0.29) is 0 Å². The van der Waals surface area contributed by atoms with E-state index in [1.54, 1.807) is 0 Å². The Bertz CT molecular complexity index is 224. The summed E-state index contributed by atoms with van der Waals surface area (Å²) in [6.07, 6.45) is 0. The van der Waals surface area contributed by atoms with Crippen molar-refractivity contribution in [3.63, 3.8) is 0 Å². The average Bonchev–Trinajstić information content (AvgIpc) is 1.93. The Kier molecular flexibility index (Phi) is 1.77. The lowest BCUT2D eigenvalue weighted by Crippen LogP contribution is -2.41. The Morgan fingerprint density at radius 1 is 1.00 bits per heavy atom. The molecular weight excluding hydrogens is 122 g/mol. The van der Waals surface area contributed by atoms with Crippen molar-refractivity contribution in [2.75, 3.05) is 0 Å². The molecule has 0 saturated heterocycles. The Hall–Kier alpha value is -0.820. The van der Waals surface area contributed by atoms with Crippen LogP contribution in [0.3, 0.4) is 0 Å². The summed E-state index contributed by atoms with van der Waals surface area (Å²) in [7, 11) is 0. The molecule has 10 heavy (non-hydrogen) atoms. The van der Waals surface area contributed by atoms with Crippen LogP contribution in [-0.2, 0) is 0 Å². The molecule has 0 heterocycles. The van der Waals surface area contributed by atoms with Gasteiger partial charge >= 0.3 is 0 Å². The number of aryl methyl sites for hydroxylation is 1. The summed E-state index contributed by atoms with van der Waals surface area (Å²) in [5.74, 6) is 0. The molecule has 1 heteroatoms. The zero-order chi connectivity index (χ0) is 7.72. The zero-order valence-electron chi connectivity index (χ0n) is 6.86. The first-order valence-electron chi connectivity index (χ1n) is 3.51. The maximum absolute atomic E-state index is 3.92. The second-order valence-electron chi connectivity index (χ2n) is 2.79. The highest BCUT2D eigenvalue weighted by atomic mass is 14.6. The minimum Gasteiger partial charge on any atom is -0.325 e. The fourth-order valence-corrected chi connectivity index (χ4v) is 1.01. The molecule has 0 amide bonds. The van der Waals surface area contributed by atoms with Crippen LogP contribution in [0.25, 0.3) is 0 Å². The van der Waals surface area contributed by atoms with Gasteiger partial charge in [-0.25, -0.2) is 0 Å². The highest BCUT2D eigenvalue weighted by Gasteiger charge is 2.01. The Labute approximate surface area is 61.9 Å². The van der Waals surface area contributed by atoms with Crippen molar-refractivity contribution in [2.24, 2.45) is 0 Å². The van der Waals surface area contributed by atoms with Gasteiger partial charge in [0.25, 0.3) is 0 Å². The van der Waals surface area contributed by atoms with E-state index in [1.165, 1.54) is 16.7 Å². The van der Waals surface area contributed by atoms with Crippen LogP contribution in [0.1, 0.15) is 16.7 Å². The van der Waals surface area contributed by atoms with Crippen LogP contribution >= 0.6 is 0 Å². The average molecular weight is 136 g/mol. The van der Waals surface area contributed by atoms with Crippen molar-refractivity contribution < 1.29 is 5.73 Å². The van der Waals surface area contributed by atoms with Crippen LogP contribution in [0.5, 0.6) is 0 Å². The van der Waals surface area contributed by atoms with E-state index in [9.17, 15) is 0 Å². The van der Waals surface area contributed by atoms with E-state index in [1.807, 2.05) is 0 Å². The van der Waals surface area contributed by atoms with E-state index < -0.39 is 0 Å². The minimum atomic E-state index is 1.14. The van der Waals surface area contributed by atoms with Gasteiger partial charge in [0.2, 0.25) is 0 Å². The third-order valence-corrected chi connectivity index (χ3v) is 2.17. The summed E-state index contributed by atoms with van der Waals surface area (Å²) in [6, 6.07) is 4.18. The summed E-state index contributed by atoms with van der Waals surface area (Å²) < 4.78 is 0. The van der Waals surface area contributed by atoms with Crippen LogP contribution in [0, 0.1) is 20.8 Å². The topological polar surface area (TPSA) is 27.6 Å². The van der Waals surface area contributed by atoms with Crippen LogP contribution in [0.15, 0.2) is 12.1 Å². The predicted octanol–water partition coefficient (Wildman–Crippen LogP) is 1.49. The van der Waals surface area contributed by atoms with Gasteiger partial charge in [0, 0.05) is 5.56 Å². The monoisotopic (exact) mass is 136 g/mol. The molecule has 0 aromatic heterocycles. The normalized spacial score (nSPS) is 10.0. The fraction of sp³-hybridized carbons (Fsp3) is 0.333. The van der Waals surface area contributed by atoms with Gasteiger partial charge in [0.05, 0.1) is 0 Å². The molecule has 0 fully saturated rings. The van der Waals surface area contributed by atoms with E-state index in [0.717, 1.165) is 5.69 Å². The van der Waals surface area contributed by atoms with Crippen LogP contribution < -0.4 is 5.73 Å². The van der Waals surface area contributed by atoms with Crippen LogP contribution in [-0.4, -0.2) is 0 Å². The quantitative estimate of drug-likeness (QED) is 0.559. The summed E-state index contributed by atoms with van der Waals surface area (Å²) in [5.41, 5.74) is 9.10. The number of hydrogen-bond acceptors (Lipinski definition) is 0. The Balaban J connectivity index is 3.34. The number of hydrogen-bond donors (Lipinski definition) is 1. The first kappa shape index (κ1) is 7.29. The molecule has 0 radical (unpaired) electrons. The van der Waals surface area contributed by atoms with Gasteiger partial charge in [-0.1, -0.05) is 6.07 Å². The Morgan fingerprint density at radius 3 is 2.10 bits per heavy atom. The largest absolute Gasteiger partial charge is 0.325 e. The molecule has 0 bridgehead atoms. The van der Waals surface area contributed by atoms with Crippen molar-refractivity contribution in [1.29, 1.82) is 0 Å². The van der Waals surface area contributed by atoms with Crippen molar-refractivity contribution >= 4 is 5.69 Å². The zero-order valence-corrected chi connectivity index (χ0v) is 6.86. The second-order valence-corrected chi connectivity index (χ2v) is 2.79. The standard InChI is InChI=1S/C9H13N/c1-6-4-5-9(10)8(3)7(6)2/h4-5H,10H2,1-3H3/p+1. The summed E-state index contributed by atoms with van der Waals surface area (Å²) in [6.45, 7) is 6.38. The molecule has 0 saturated carbocycles. The lowest BCUT2D eigenvalue weighted by Gasteiger charge is -2.03. The molecule has 54 valence electrons. The van der Waals surface area contributed by atoms with Crippen molar-refractivity contribution in [3.05, 3.63) is 28.8 Å². The van der Waals surface area contributed by atoms with E-state index >= 15 is 0 Å².